The number of benzene rings is 2. The molecule has 2 aromatic rings. The number of carboxylic acid groups (broad SMARTS) is 1. The van der Waals surface area contributed by atoms with Gasteiger partial charge in [-0.2, -0.15) is 0 Å². The van der Waals surface area contributed by atoms with Crippen LogP contribution in [0.4, 0.5) is 0 Å². The number of rotatable bonds is 3. The Morgan fingerprint density at radius 3 is 2.75 bits per heavy atom. The highest BCUT2D eigenvalue weighted by Crippen LogP contribution is 2.47. The average Bonchev–Trinajstić information content (AvgIpc) is 2.74. The molecule has 3 heteroatoms. The zero-order valence-electron chi connectivity index (χ0n) is 11.4. The monoisotopic (exact) mass is 267 g/mol. The molecule has 0 radical (unpaired) electrons. The SMILES string of the molecule is Cc1cccc2c1-c1ccc(C(=O)O)cc1C2CCN. The first-order valence-corrected chi connectivity index (χ1v) is 6.80. The fourth-order valence-electron chi connectivity index (χ4n) is 3.21. The van der Waals surface area contributed by atoms with Gasteiger partial charge >= 0.3 is 5.97 Å². The predicted molar refractivity (Wildman–Crippen MR) is 79.1 cm³/mol. The normalized spacial score (nSPS) is 15.8. The largest absolute Gasteiger partial charge is 0.478 e. The van der Waals surface area contributed by atoms with E-state index < -0.39 is 5.97 Å². The van der Waals surface area contributed by atoms with Crippen molar-refractivity contribution >= 4 is 5.97 Å². The van der Waals surface area contributed by atoms with Gasteiger partial charge in [0.15, 0.2) is 0 Å². The van der Waals surface area contributed by atoms with Gasteiger partial charge in [-0.1, -0.05) is 24.3 Å². The minimum atomic E-state index is -0.882. The van der Waals surface area contributed by atoms with Crippen molar-refractivity contribution in [3.63, 3.8) is 0 Å². The molecular weight excluding hydrogens is 250 g/mol. The van der Waals surface area contributed by atoms with E-state index in [1.165, 1.54) is 16.7 Å². The van der Waals surface area contributed by atoms with Gasteiger partial charge in [0.2, 0.25) is 0 Å². The molecule has 3 N–H and O–H groups in total. The van der Waals surface area contributed by atoms with E-state index in [9.17, 15) is 9.90 Å². The maximum Gasteiger partial charge on any atom is 0.335 e. The Balaban J connectivity index is 2.24. The Hall–Kier alpha value is -2.13. The van der Waals surface area contributed by atoms with Crippen molar-refractivity contribution in [2.45, 2.75) is 19.3 Å². The van der Waals surface area contributed by atoms with E-state index in [1.807, 2.05) is 6.07 Å². The van der Waals surface area contributed by atoms with Crippen molar-refractivity contribution in [2.75, 3.05) is 6.54 Å². The molecule has 0 aromatic heterocycles. The number of hydrogen-bond acceptors (Lipinski definition) is 2. The third-order valence-corrected chi connectivity index (χ3v) is 4.08. The van der Waals surface area contributed by atoms with E-state index >= 15 is 0 Å². The molecule has 0 spiro atoms. The Labute approximate surface area is 118 Å². The van der Waals surface area contributed by atoms with E-state index in [-0.39, 0.29) is 5.92 Å². The lowest BCUT2D eigenvalue weighted by Gasteiger charge is -2.12. The molecule has 0 saturated carbocycles. The van der Waals surface area contributed by atoms with E-state index in [1.54, 1.807) is 12.1 Å². The molecule has 0 amide bonds. The Kier molecular flexibility index (Phi) is 3.07. The minimum Gasteiger partial charge on any atom is -0.478 e. The summed E-state index contributed by atoms with van der Waals surface area (Å²) in [7, 11) is 0. The van der Waals surface area contributed by atoms with Crippen LogP contribution >= 0.6 is 0 Å². The first kappa shape index (κ1) is 12.9. The minimum absolute atomic E-state index is 0.212. The van der Waals surface area contributed by atoms with Gasteiger partial charge in [-0.05, 0) is 59.8 Å². The number of nitrogens with two attached hydrogens (primary N) is 1. The number of aryl methyl sites for hydroxylation is 1. The molecule has 1 aliphatic carbocycles. The maximum atomic E-state index is 11.2. The summed E-state index contributed by atoms with van der Waals surface area (Å²) < 4.78 is 0. The first-order chi connectivity index (χ1) is 9.63. The molecule has 1 atom stereocenters. The standard InChI is InChI=1S/C17H17NO2/c1-10-3-2-4-13-12(7-8-18)15-9-11(17(19)20)5-6-14(15)16(10)13/h2-6,9,12H,7-8,18H2,1H3,(H,19,20). The van der Waals surface area contributed by atoms with Crippen LogP contribution in [0.5, 0.6) is 0 Å². The Morgan fingerprint density at radius 2 is 2.05 bits per heavy atom. The summed E-state index contributed by atoms with van der Waals surface area (Å²) in [6.07, 6.45) is 0.840. The number of carbonyl (C=O) groups is 1. The van der Waals surface area contributed by atoms with Gasteiger partial charge in [0.05, 0.1) is 5.56 Å². The molecule has 3 nitrogen and oxygen atoms in total. The van der Waals surface area contributed by atoms with Crippen LogP contribution in [0.3, 0.4) is 0 Å². The summed E-state index contributed by atoms with van der Waals surface area (Å²) in [4.78, 5) is 11.2. The van der Waals surface area contributed by atoms with Gasteiger partial charge in [-0.25, -0.2) is 4.79 Å². The molecule has 0 saturated heterocycles. The van der Waals surface area contributed by atoms with Crippen molar-refractivity contribution in [3.8, 4) is 11.1 Å². The van der Waals surface area contributed by atoms with Crippen LogP contribution in [0.15, 0.2) is 36.4 Å². The topological polar surface area (TPSA) is 63.3 Å². The summed E-state index contributed by atoms with van der Waals surface area (Å²) in [6.45, 7) is 2.69. The first-order valence-electron chi connectivity index (χ1n) is 6.80. The summed E-state index contributed by atoms with van der Waals surface area (Å²) >= 11 is 0. The molecule has 0 heterocycles. The summed E-state index contributed by atoms with van der Waals surface area (Å²) in [5.74, 6) is -0.670. The lowest BCUT2D eigenvalue weighted by Crippen LogP contribution is -2.07. The highest BCUT2D eigenvalue weighted by Gasteiger charge is 2.29. The van der Waals surface area contributed by atoms with Crippen LogP contribution in [0.1, 0.15) is 39.4 Å². The maximum absolute atomic E-state index is 11.2. The number of aromatic carboxylic acids is 1. The van der Waals surface area contributed by atoms with Crippen LogP contribution in [0, 0.1) is 6.92 Å². The average molecular weight is 267 g/mol. The van der Waals surface area contributed by atoms with Gasteiger partial charge in [-0.15, -0.1) is 0 Å². The van der Waals surface area contributed by atoms with Gasteiger partial charge in [0, 0.05) is 5.92 Å². The Morgan fingerprint density at radius 1 is 1.25 bits per heavy atom. The van der Waals surface area contributed by atoms with Crippen molar-refractivity contribution < 1.29 is 9.90 Å². The molecule has 2 aromatic carbocycles. The van der Waals surface area contributed by atoms with Crippen LogP contribution in [-0.2, 0) is 0 Å². The molecule has 0 bridgehead atoms. The van der Waals surface area contributed by atoms with Crippen LogP contribution in [0.25, 0.3) is 11.1 Å². The van der Waals surface area contributed by atoms with E-state index in [0.29, 0.717) is 12.1 Å². The van der Waals surface area contributed by atoms with Crippen LogP contribution in [-0.4, -0.2) is 17.6 Å². The van der Waals surface area contributed by atoms with Gasteiger partial charge in [0.1, 0.15) is 0 Å². The van der Waals surface area contributed by atoms with Gasteiger partial charge < -0.3 is 10.8 Å². The molecule has 3 rings (SSSR count). The highest BCUT2D eigenvalue weighted by atomic mass is 16.4. The molecule has 1 aliphatic rings. The summed E-state index contributed by atoms with van der Waals surface area (Å²) in [5, 5.41) is 9.18. The smallest absolute Gasteiger partial charge is 0.335 e. The number of carboxylic acids is 1. The van der Waals surface area contributed by atoms with Crippen molar-refractivity contribution in [2.24, 2.45) is 5.73 Å². The number of fused-ring (bicyclic) bond motifs is 3. The lowest BCUT2D eigenvalue weighted by atomic mass is 9.92. The number of hydrogen-bond donors (Lipinski definition) is 2. The second-order valence-electron chi connectivity index (χ2n) is 5.28. The van der Waals surface area contributed by atoms with E-state index in [4.69, 9.17) is 5.73 Å². The third-order valence-electron chi connectivity index (χ3n) is 4.08. The van der Waals surface area contributed by atoms with Crippen molar-refractivity contribution in [1.82, 2.24) is 0 Å². The fourth-order valence-corrected chi connectivity index (χ4v) is 3.21. The quantitative estimate of drug-likeness (QED) is 0.898. The predicted octanol–water partition coefficient (Wildman–Crippen LogP) is 3.15. The lowest BCUT2D eigenvalue weighted by molar-refractivity contribution is 0.0697. The highest BCUT2D eigenvalue weighted by molar-refractivity contribution is 5.91. The zero-order chi connectivity index (χ0) is 14.3. The van der Waals surface area contributed by atoms with Crippen LogP contribution in [0.2, 0.25) is 0 Å². The Bertz CT molecular complexity index is 691. The van der Waals surface area contributed by atoms with Crippen LogP contribution < -0.4 is 5.73 Å². The van der Waals surface area contributed by atoms with E-state index in [2.05, 4.69) is 25.1 Å². The molecule has 20 heavy (non-hydrogen) atoms. The summed E-state index contributed by atoms with van der Waals surface area (Å²) in [6, 6.07) is 11.7. The van der Waals surface area contributed by atoms with Gasteiger partial charge in [-0.3, -0.25) is 0 Å². The second-order valence-corrected chi connectivity index (χ2v) is 5.28. The van der Waals surface area contributed by atoms with Gasteiger partial charge in [0.25, 0.3) is 0 Å². The van der Waals surface area contributed by atoms with Crippen molar-refractivity contribution in [3.05, 3.63) is 58.7 Å². The van der Waals surface area contributed by atoms with Crippen molar-refractivity contribution in [1.29, 1.82) is 0 Å². The molecule has 1 unspecified atom stereocenters. The molecule has 0 aliphatic heterocycles. The molecule has 0 fully saturated rings. The van der Waals surface area contributed by atoms with E-state index in [0.717, 1.165) is 17.5 Å². The zero-order valence-corrected chi connectivity index (χ0v) is 11.4. The fraction of sp³-hybridized carbons (Fsp3) is 0.235. The molecular formula is C17H17NO2. The second kappa shape index (κ2) is 4.76. The summed E-state index contributed by atoms with van der Waals surface area (Å²) in [5.41, 5.74) is 12.1. The third kappa shape index (κ3) is 1.82. The molecule has 102 valence electrons.